The average molecular weight is 400 g/mol. The second-order valence-corrected chi connectivity index (χ2v) is 10.1. The van der Waals surface area contributed by atoms with E-state index in [2.05, 4.69) is 4.98 Å². The van der Waals surface area contributed by atoms with Crippen LogP contribution >= 0.6 is 11.3 Å². The van der Waals surface area contributed by atoms with Gasteiger partial charge in [0, 0.05) is 30.0 Å². The number of hydrogen-bond donors (Lipinski definition) is 0. The summed E-state index contributed by atoms with van der Waals surface area (Å²) in [4.78, 5) is 19.0. The van der Waals surface area contributed by atoms with Gasteiger partial charge in [-0.2, -0.15) is 0 Å². The molecule has 0 radical (unpaired) electrons. The number of likely N-dealkylation sites (tertiary alicyclic amines) is 1. The van der Waals surface area contributed by atoms with E-state index in [9.17, 15) is 13.2 Å². The summed E-state index contributed by atoms with van der Waals surface area (Å²) in [5.74, 6) is -0.406. The Bertz CT molecular complexity index is 1150. The molecule has 2 aromatic heterocycles. The van der Waals surface area contributed by atoms with Gasteiger partial charge in [-0.05, 0) is 36.2 Å². The van der Waals surface area contributed by atoms with Crippen LogP contribution < -0.4 is 0 Å². The number of carbonyl (C=O) groups excluding carboxylic acids is 1. The summed E-state index contributed by atoms with van der Waals surface area (Å²) in [6.07, 6.45) is 3.23. The van der Waals surface area contributed by atoms with E-state index in [1.54, 1.807) is 28.9 Å². The molecule has 3 aromatic rings. The molecule has 2 atom stereocenters. The maximum Gasteiger partial charge on any atom is 0.273 e. The second-order valence-electron chi connectivity index (χ2n) is 6.92. The summed E-state index contributed by atoms with van der Waals surface area (Å²) in [5.41, 5.74) is 3.01. The van der Waals surface area contributed by atoms with Crippen molar-refractivity contribution in [3.05, 3.63) is 58.4 Å². The molecular weight excluding hydrogens is 384 g/mol. The molecule has 138 valence electrons. The summed E-state index contributed by atoms with van der Waals surface area (Å²) >= 11 is 1.42. The van der Waals surface area contributed by atoms with Gasteiger partial charge in [0.05, 0.1) is 27.7 Å². The molecule has 0 saturated carbocycles. The van der Waals surface area contributed by atoms with E-state index in [-0.39, 0.29) is 18.4 Å². The lowest BCUT2D eigenvalue weighted by Gasteiger charge is -2.16. The van der Waals surface area contributed by atoms with E-state index in [0.29, 0.717) is 17.1 Å². The molecule has 4 heterocycles. The van der Waals surface area contributed by atoms with Gasteiger partial charge in [0.25, 0.3) is 5.91 Å². The zero-order valence-corrected chi connectivity index (χ0v) is 16.1. The van der Waals surface area contributed by atoms with E-state index < -0.39 is 15.1 Å². The van der Waals surface area contributed by atoms with Gasteiger partial charge in [-0.15, -0.1) is 11.3 Å². The molecule has 2 aliphatic rings. The first-order chi connectivity index (χ1) is 12.9. The molecule has 1 aromatic carbocycles. The lowest BCUT2D eigenvalue weighted by atomic mass is 9.95. The van der Waals surface area contributed by atoms with Gasteiger partial charge in [0.1, 0.15) is 5.69 Å². The zero-order chi connectivity index (χ0) is 18.8. The molecular formula is C19H16N2O4S2. The smallest absolute Gasteiger partial charge is 0.273 e. The fourth-order valence-electron chi connectivity index (χ4n) is 4.05. The minimum atomic E-state index is -3.45. The molecule has 2 aliphatic heterocycles. The second kappa shape index (κ2) is 5.77. The predicted octanol–water partition coefficient (Wildman–Crippen LogP) is 3.11. The molecule has 8 heteroatoms. The van der Waals surface area contributed by atoms with Gasteiger partial charge >= 0.3 is 0 Å². The number of aryl methyl sites for hydroxylation is 1. The van der Waals surface area contributed by atoms with Crippen molar-refractivity contribution in [3.8, 4) is 11.1 Å². The highest BCUT2D eigenvalue weighted by Gasteiger charge is 2.51. The van der Waals surface area contributed by atoms with Crippen molar-refractivity contribution in [1.29, 1.82) is 0 Å². The highest BCUT2D eigenvalue weighted by atomic mass is 32.2. The van der Waals surface area contributed by atoms with Crippen molar-refractivity contribution < 1.29 is 17.6 Å². The van der Waals surface area contributed by atoms with E-state index >= 15 is 0 Å². The number of sulfone groups is 1. The lowest BCUT2D eigenvalue weighted by Crippen LogP contribution is -2.31. The zero-order valence-electron chi connectivity index (χ0n) is 14.5. The molecule has 0 bridgehead atoms. The van der Waals surface area contributed by atoms with Gasteiger partial charge in [-0.25, -0.2) is 13.4 Å². The highest BCUT2D eigenvalue weighted by molar-refractivity contribution is 7.92. The van der Waals surface area contributed by atoms with Gasteiger partial charge in [0.2, 0.25) is 0 Å². The summed E-state index contributed by atoms with van der Waals surface area (Å²) in [7, 11) is -3.45. The van der Waals surface area contributed by atoms with E-state index in [0.717, 1.165) is 21.7 Å². The van der Waals surface area contributed by atoms with Crippen LogP contribution in [-0.4, -0.2) is 42.5 Å². The van der Waals surface area contributed by atoms with Crippen molar-refractivity contribution in [2.75, 3.05) is 13.1 Å². The van der Waals surface area contributed by atoms with Crippen molar-refractivity contribution in [1.82, 2.24) is 9.88 Å². The number of benzene rings is 1. The molecule has 6 nitrogen and oxygen atoms in total. The Morgan fingerprint density at radius 1 is 1.26 bits per heavy atom. The van der Waals surface area contributed by atoms with Gasteiger partial charge in [0.15, 0.2) is 9.84 Å². The van der Waals surface area contributed by atoms with Crippen LogP contribution in [0.3, 0.4) is 0 Å². The number of hydrogen-bond acceptors (Lipinski definition) is 6. The highest BCUT2D eigenvalue weighted by Crippen LogP contribution is 2.46. The summed E-state index contributed by atoms with van der Waals surface area (Å²) in [6.45, 7) is 2.44. The van der Waals surface area contributed by atoms with Crippen LogP contribution in [0.25, 0.3) is 11.1 Å². The Balaban J connectivity index is 1.52. The SMILES string of the molecule is Cc1nc(C(=O)N2C[C@H]3c4cc(-c5ccoc5)ccc4S(=O)(=O)[C@H]3C2)cs1. The fraction of sp³-hybridized carbons (Fsp3) is 0.263. The Morgan fingerprint density at radius 2 is 2.11 bits per heavy atom. The largest absolute Gasteiger partial charge is 0.472 e. The Hall–Kier alpha value is -2.45. The molecule has 0 spiro atoms. The molecule has 0 aliphatic carbocycles. The molecule has 27 heavy (non-hydrogen) atoms. The number of furan rings is 1. The molecule has 1 saturated heterocycles. The van der Waals surface area contributed by atoms with Crippen molar-refractivity contribution in [3.63, 3.8) is 0 Å². The normalized spacial score (nSPS) is 22.6. The molecule has 0 N–H and O–H groups in total. The number of thiazole rings is 1. The number of carbonyl (C=O) groups is 1. The van der Waals surface area contributed by atoms with Crippen LogP contribution in [0, 0.1) is 6.92 Å². The molecule has 1 amide bonds. The van der Waals surface area contributed by atoms with E-state index in [1.807, 2.05) is 25.1 Å². The lowest BCUT2D eigenvalue weighted by molar-refractivity contribution is 0.0785. The topological polar surface area (TPSA) is 80.5 Å². The quantitative estimate of drug-likeness (QED) is 0.660. The number of fused-ring (bicyclic) bond motifs is 3. The monoisotopic (exact) mass is 400 g/mol. The predicted molar refractivity (Wildman–Crippen MR) is 101 cm³/mol. The number of nitrogens with zero attached hydrogens (tertiary/aromatic N) is 2. The van der Waals surface area contributed by atoms with Gasteiger partial charge in [-0.1, -0.05) is 6.07 Å². The van der Waals surface area contributed by atoms with Crippen LogP contribution in [0.1, 0.15) is 27.0 Å². The third-order valence-corrected chi connectivity index (χ3v) is 8.39. The summed E-state index contributed by atoms with van der Waals surface area (Å²) < 4.78 is 31.1. The molecule has 0 unspecified atom stereocenters. The number of aromatic nitrogens is 1. The van der Waals surface area contributed by atoms with Gasteiger partial charge in [-0.3, -0.25) is 4.79 Å². The maximum atomic E-state index is 13.0. The minimum absolute atomic E-state index is 0.198. The van der Waals surface area contributed by atoms with Gasteiger partial charge < -0.3 is 9.32 Å². The minimum Gasteiger partial charge on any atom is -0.472 e. The summed E-state index contributed by atoms with van der Waals surface area (Å²) in [6, 6.07) is 7.26. The van der Waals surface area contributed by atoms with Crippen LogP contribution in [0.2, 0.25) is 0 Å². The fourth-order valence-corrected chi connectivity index (χ4v) is 6.80. The molecule has 5 rings (SSSR count). The van der Waals surface area contributed by atoms with Crippen molar-refractivity contribution in [2.24, 2.45) is 0 Å². The first-order valence-corrected chi connectivity index (χ1v) is 11.0. The maximum absolute atomic E-state index is 13.0. The third-order valence-electron chi connectivity index (χ3n) is 5.36. The Kier molecular flexibility index (Phi) is 3.57. The Labute approximate surface area is 160 Å². The summed E-state index contributed by atoms with van der Waals surface area (Å²) in [5, 5.41) is 1.96. The standard InChI is InChI=1S/C19H16N2O4S2/c1-11-20-16(10-26-11)19(22)21-7-15-14-6-12(13-4-5-25-9-13)2-3-17(14)27(23,24)18(15)8-21/h2-6,9-10,15,18H,7-8H2,1H3/t15-,18-/m0/s1. The number of amides is 1. The van der Waals surface area contributed by atoms with E-state index in [1.165, 1.54) is 11.3 Å². The van der Waals surface area contributed by atoms with Crippen LogP contribution in [0.15, 0.2) is 51.5 Å². The van der Waals surface area contributed by atoms with Crippen molar-refractivity contribution in [2.45, 2.75) is 23.0 Å². The van der Waals surface area contributed by atoms with Crippen LogP contribution in [0.5, 0.6) is 0 Å². The number of rotatable bonds is 2. The molecule has 1 fully saturated rings. The first kappa shape index (κ1) is 16.7. The van der Waals surface area contributed by atoms with Crippen molar-refractivity contribution >= 4 is 27.1 Å². The van der Waals surface area contributed by atoms with Crippen LogP contribution in [-0.2, 0) is 9.84 Å². The first-order valence-electron chi connectivity index (χ1n) is 8.57. The Morgan fingerprint density at radius 3 is 2.81 bits per heavy atom. The van der Waals surface area contributed by atoms with E-state index in [4.69, 9.17) is 4.42 Å². The average Bonchev–Trinajstić information content (AvgIpc) is 3.41. The third kappa shape index (κ3) is 2.47. The van der Waals surface area contributed by atoms with Crippen LogP contribution in [0.4, 0.5) is 0 Å².